The predicted octanol–water partition coefficient (Wildman–Crippen LogP) is 2.05. The van der Waals surface area contributed by atoms with E-state index in [4.69, 9.17) is 19.9 Å². The number of hydrogen-bond acceptors (Lipinski definition) is 7. The summed E-state index contributed by atoms with van der Waals surface area (Å²) in [6, 6.07) is 8.61. The zero-order chi connectivity index (χ0) is 23.7. The number of piperidine rings is 1. The monoisotopic (exact) mass is 466 g/mol. The lowest BCUT2D eigenvalue weighted by Gasteiger charge is -2.46. The van der Waals surface area contributed by atoms with E-state index in [0.29, 0.717) is 37.8 Å². The quantitative estimate of drug-likeness (QED) is 0.721. The van der Waals surface area contributed by atoms with Crippen LogP contribution in [0.15, 0.2) is 30.5 Å². The highest BCUT2D eigenvalue weighted by Crippen LogP contribution is 2.44. The average Bonchev–Trinajstić information content (AvgIpc) is 2.86. The summed E-state index contributed by atoms with van der Waals surface area (Å²) in [6.45, 7) is 6.34. The molecule has 2 aromatic rings. The Morgan fingerprint density at radius 1 is 1.21 bits per heavy atom. The minimum absolute atomic E-state index is 0.000741. The molecule has 5 rings (SSSR count). The number of pyridine rings is 1. The molecule has 2 fully saturated rings. The van der Waals surface area contributed by atoms with Crippen molar-refractivity contribution < 1.29 is 19.0 Å². The van der Waals surface area contributed by atoms with Gasteiger partial charge in [-0.15, -0.1) is 0 Å². The molecule has 3 atom stereocenters. The van der Waals surface area contributed by atoms with Gasteiger partial charge < -0.3 is 24.8 Å². The molecule has 3 aliphatic rings. The summed E-state index contributed by atoms with van der Waals surface area (Å²) >= 11 is 0. The maximum Gasteiger partial charge on any atom is 0.260 e. The second-order valence-electron chi connectivity index (χ2n) is 9.51. The van der Waals surface area contributed by atoms with Crippen LogP contribution in [0, 0.1) is 6.92 Å². The first-order chi connectivity index (χ1) is 16.5. The van der Waals surface area contributed by atoms with Crippen molar-refractivity contribution in [2.45, 2.75) is 37.8 Å². The number of carbonyl (C=O) groups excluding carboxylic acids is 1. The first-order valence-corrected chi connectivity index (χ1v) is 12.1. The Morgan fingerprint density at radius 3 is 2.79 bits per heavy atom. The summed E-state index contributed by atoms with van der Waals surface area (Å²) in [7, 11) is 1.64. The molecule has 1 amide bonds. The Morgan fingerprint density at radius 2 is 2.03 bits per heavy atom. The molecule has 182 valence electrons. The van der Waals surface area contributed by atoms with Gasteiger partial charge in [0, 0.05) is 56.1 Å². The van der Waals surface area contributed by atoms with E-state index >= 15 is 0 Å². The number of amides is 1. The molecule has 2 saturated heterocycles. The number of nitrogens with zero attached hydrogens (tertiary/aromatic N) is 3. The fourth-order valence-corrected chi connectivity index (χ4v) is 5.46. The highest BCUT2D eigenvalue weighted by Gasteiger charge is 2.39. The number of carbonyl (C=O) groups is 1. The molecule has 2 N–H and O–H groups in total. The number of morpholine rings is 1. The molecule has 0 radical (unpaired) electrons. The zero-order valence-electron chi connectivity index (χ0n) is 20.0. The standard InChI is InChI=1S/C26H34N4O4/c1-17-3-5-28-22(11-17)20-15-30-6-4-18-12-25(34-16-26(31)29-7-9-33-10-8-29)24(32-2)13-19(18)23(30)14-21(20)27/h3,5,11-13,20-21,23H,4,6-10,14-16,27H2,1-2H3. The van der Waals surface area contributed by atoms with E-state index in [1.54, 1.807) is 12.0 Å². The molecule has 0 aliphatic carbocycles. The number of ether oxygens (including phenoxy) is 3. The number of aryl methyl sites for hydroxylation is 1. The van der Waals surface area contributed by atoms with Crippen LogP contribution in [0.2, 0.25) is 0 Å². The molecule has 8 heteroatoms. The van der Waals surface area contributed by atoms with Crippen molar-refractivity contribution in [3.05, 3.63) is 52.8 Å². The summed E-state index contributed by atoms with van der Waals surface area (Å²) in [5, 5.41) is 0. The molecule has 8 nitrogen and oxygen atoms in total. The van der Waals surface area contributed by atoms with Gasteiger partial charge in [0.15, 0.2) is 18.1 Å². The van der Waals surface area contributed by atoms with E-state index in [1.807, 2.05) is 12.3 Å². The second kappa shape index (κ2) is 9.90. The number of benzene rings is 1. The third-order valence-corrected chi connectivity index (χ3v) is 7.37. The summed E-state index contributed by atoms with van der Waals surface area (Å²) < 4.78 is 16.9. The number of nitrogens with two attached hydrogens (primary N) is 1. The van der Waals surface area contributed by atoms with Crippen LogP contribution in [0.4, 0.5) is 0 Å². The smallest absolute Gasteiger partial charge is 0.260 e. The summed E-state index contributed by atoms with van der Waals surface area (Å²) in [6.07, 6.45) is 3.67. The van der Waals surface area contributed by atoms with Gasteiger partial charge in [-0.25, -0.2) is 0 Å². The van der Waals surface area contributed by atoms with Gasteiger partial charge in [-0.2, -0.15) is 0 Å². The highest BCUT2D eigenvalue weighted by molar-refractivity contribution is 5.78. The van der Waals surface area contributed by atoms with Crippen molar-refractivity contribution in [1.29, 1.82) is 0 Å². The predicted molar refractivity (Wildman–Crippen MR) is 128 cm³/mol. The Bertz CT molecular complexity index is 1040. The van der Waals surface area contributed by atoms with Gasteiger partial charge in [-0.3, -0.25) is 14.7 Å². The van der Waals surface area contributed by atoms with Crippen LogP contribution in [-0.4, -0.2) is 79.8 Å². The molecule has 1 aromatic carbocycles. The van der Waals surface area contributed by atoms with Crippen LogP contribution in [0.1, 0.15) is 40.8 Å². The van der Waals surface area contributed by atoms with Crippen LogP contribution in [0.5, 0.6) is 11.5 Å². The lowest BCUT2D eigenvalue weighted by Crippen LogP contribution is -2.50. The third kappa shape index (κ3) is 4.62. The summed E-state index contributed by atoms with van der Waals surface area (Å²) in [4.78, 5) is 21.5. The summed E-state index contributed by atoms with van der Waals surface area (Å²) in [5.74, 6) is 1.49. The van der Waals surface area contributed by atoms with Gasteiger partial charge in [-0.1, -0.05) is 0 Å². The Hall–Kier alpha value is -2.68. The molecule has 3 aliphatic heterocycles. The SMILES string of the molecule is COc1cc2c(cc1OCC(=O)N1CCOCC1)CCN1CC(c3cc(C)ccn3)C(N)CC21. The number of hydrogen-bond donors (Lipinski definition) is 1. The van der Waals surface area contributed by atoms with E-state index < -0.39 is 0 Å². The van der Waals surface area contributed by atoms with Gasteiger partial charge >= 0.3 is 0 Å². The van der Waals surface area contributed by atoms with Crippen molar-refractivity contribution in [2.24, 2.45) is 5.73 Å². The van der Waals surface area contributed by atoms with Gasteiger partial charge in [0.25, 0.3) is 5.91 Å². The van der Waals surface area contributed by atoms with Crippen molar-refractivity contribution in [3.8, 4) is 11.5 Å². The van der Waals surface area contributed by atoms with Gasteiger partial charge in [-0.05, 0) is 60.7 Å². The third-order valence-electron chi connectivity index (χ3n) is 7.37. The lowest BCUT2D eigenvalue weighted by molar-refractivity contribution is -0.137. The maximum absolute atomic E-state index is 12.5. The molecule has 34 heavy (non-hydrogen) atoms. The van der Waals surface area contributed by atoms with E-state index in [0.717, 1.165) is 31.6 Å². The van der Waals surface area contributed by atoms with E-state index in [-0.39, 0.29) is 30.5 Å². The number of rotatable bonds is 5. The van der Waals surface area contributed by atoms with Crippen LogP contribution in [-0.2, 0) is 16.0 Å². The molecule has 0 bridgehead atoms. The Kier molecular flexibility index (Phi) is 6.72. The van der Waals surface area contributed by atoms with Gasteiger partial charge in [0.2, 0.25) is 0 Å². The minimum atomic E-state index is -0.0247. The average molecular weight is 467 g/mol. The van der Waals surface area contributed by atoms with Gasteiger partial charge in [0.1, 0.15) is 0 Å². The molecular weight excluding hydrogens is 432 g/mol. The Balaban J connectivity index is 1.32. The largest absolute Gasteiger partial charge is 0.493 e. The van der Waals surface area contributed by atoms with Crippen LogP contribution in [0.25, 0.3) is 0 Å². The van der Waals surface area contributed by atoms with Crippen molar-refractivity contribution in [1.82, 2.24) is 14.8 Å². The molecule has 1 aromatic heterocycles. The van der Waals surface area contributed by atoms with Crippen LogP contribution < -0.4 is 15.2 Å². The number of methoxy groups -OCH3 is 1. The summed E-state index contributed by atoms with van der Waals surface area (Å²) in [5.41, 5.74) is 11.5. The minimum Gasteiger partial charge on any atom is -0.493 e. The van der Waals surface area contributed by atoms with Crippen molar-refractivity contribution in [3.63, 3.8) is 0 Å². The lowest BCUT2D eigenvalue weighted by atomic mass is 9.79. The van der Waals surface area contributed by atoms with Crippen LogP contribution in [0.3, 0.4) is 0 Å². The van der Waals surface area contributed by atoms with Crippen molar-refractivity contribution in [2.75, 3.05) is 53.1 Å². The van der Waals surface area contributed by atoms with E-state index in [9.17, 15) is 4.79 Å². The zero-order valence-corrected chi connectivity index (χ0v) is 20.0. The second-order valence-corrected chi connectivity index (χ2v) is 9.51. The molecule has 0 spiro atoms. The first kappa shape index (κ1) is 23.1. The van der Waals surface area contributed by atoms with E-state index in [1.165, 1.54) is 16.7 Å². The fourth-order valence-electron chi connectivity index (χ4n) is 5.46. The van der Waals surface area contributed by atoms with Crippen LogP contribution >= 0.6 is 0 Å². The molecule has 4 heterocycles. The fraction of sp³-hybridized carbons (Fsp3) is 0.538. The Labute approximate surface area is 201 Å². The van der Waals surface area contributed by atoms with E-state index in [2.05, 4.69) is 35.0 Å². The normalized spacial score (nSPS) is 24.8. The topological polar surface area (TPSA) is 90.1 Å². The number of aromatic nitrogens is 1. The number of fused-ring (bicyclic) bond motifs is 3. The van der Waals surface area contributed by atoms with Gasteiger partial charge in [0.05, 0.1) is 20.3 Å². The molecular formula is C26H34N4O4. The van der Waals surface area contributed by atoms with Crippen molar-refractivity contribution >= 4 is 5.91 Å². The highest BCUT2D eigenvalue weighted by atomic mass is 16.5. The first-order valence-electron chi connectivity index (χ1n) is 12.1. The molecule has 3 unspecified atom stereocenters. The maximum atomic E-state index is 12.5. The molecule has 0 saturated carbocycles.